The monoisotopic (exact) mass is 1130 g/mol. The molecular weight excluding hydrogens is 997 g/mol. The molecule has 0 saturated heterocycles. The molecule has 0 aromatic rings. The summed E-state index contributed by atoms with van der Waals surface area (Å²) < 4.78 is 16.9. The van der Waals surface area contributed by atoms with Gasteiger partial charge >= 0.3 is 17.9 Å². The molecule has 466 valence electrons. The summed E-state index contributed by atoms with van der Waals surface area (Å²) in [6.45, 7) is 6.53. The van der Waals surface area contributed by atoms with Gasteiger partial charge in [-0.3, -0.25) is 14.4 Å². The van der Waals surface area contributed by atoms with E-state index in [-0.39, 0.29) is 31.1 Å². The van der Waals surface area contributed by atoms with Crippen LogP contribution in [-0.4, -0.2) is 37.2 Å². The number of unbranched alkanes of at least 4 members (excludes halogenated alkanes) is 36. The van der Waals surface area contributed by atoms with Crippen LogP contribution in [-0.2, 0) is 28.6 Å². The average molecular weight is 1130 g/mol. The SMILES string of the molecule is CC/C=C\C/C=C\C/C=C\C/C=C\C/C=C\CCCCCC(=O)OC(COC(=O)CCCCCCCCCCCCCCCCC)COC(=O)CCCCCCCCCCCCCCCC/C=C\C/C=C\C/C=C\CCCCCCC. The van der Waals surface area contributed by atoms with E-state index in [4.69, 9.17) is 14.2 Å². The van der Waals surface area contributed by atoms with Crippen molar-refractivity contribution in [2.24, 2.45) is 0 Å². The Kier molecular flexibility index (Phi) is 65.7. The molecule has 0 aromatic heterocycles. The molecule has 0 heterocycles. The fourth-order valence-electron chi connectivity index (χ4n) is 9.89. The molecule has 0 aliphatic carbocycles. The van der Waals surface area contributed by atoms with Gasteiger partial charge in [0.25, 0.3) is 0 Å². The molecule has 1 unspecified atom stereocenters. The zero-order valence-corrected chi connectivity index (χ0v) is 53.5. The van der Waals surface area contributed by atoms with Gasteiger partial charge in [-0.25, -0.2) is 0 Å². The maximum atomic E-state index is 12.9. The molecule has 0 aliphatic rings. The molecule has 0 aliphatic heterocycles. The number of rotatable bonds is 63. The van der Waals surface area contributed by atoms with Gasteiger partial charge in [-0.15, -0.1) is 0 Å². The van der Waals surface area contributed by atoms with Gasteiger partial charge < -0.3 is 14.2 Å². The van der Waals surface area contributed by atoms with E-state index in [0.717, 1.165) is 109 Å². The number of ether oxygens (including phenoxy) is 3. The van der Waals surface area contributed by atoms with Gasteiger partial charge in [0.2, 0.25) is 0 Å². The topological polar surface area (TPSA) is 78.9 Å². The molecule has 1 atom stereocenters. The first-order chi connectivity index (χ1) is 40.0. The summed E-state index contributed by atoms with van der Waals surface area (Å²) in [5.41, 5.74) is 0. The summed E-state index contributed by atoms with van der Waals surface area (Å²) in [7, 11) is 0. The molecule has 0 rings (SSSR count). The third kappa shape index (κ3) is 67.0. The highest BCUT2D eigenvalue weighted by Gasteiger charge is 2.19. The van der Waals surface area contributed by atoms with Gasteiger partial charge in [0.1, 0.15) is 13.2 Å². The third-order valence-electron chi connectivity index (χ3n) is 15.1. The van der Waals surface area contributed by atoms with Crippen LogP contribution in [0.25, 0.3) is 0 Å². The largest absolute Gasteiger partial charge is 0.462 e. The van der Waals surface area contributed by atoms with E-state index >= 15 is 0 Å². The fourth-order valence-corrected chi connectivity index (χ4v) is 9.89. The molecule has 0 radical (unpaired) electrons. The van der Waals surface area contributed by atoms with Crippen LogP contribution < -0.4 is 0 Å². The maximum Gasteiger partial charge on any atom is 0.306 e. The molecule has 81 heavy (non-hydrogen) atoms. The molecule has 0 N–H and O–H groups in total. The van der Waals surface area contributed by atoms with Crippen molar-refractivity contribution in [2.75, 3.05) is 13.2 Å². The Morgan fingerprint density at radius 3 is 0.765 bits per heavy atom. The Morgan fingerprint density at radius 1 is 0.259 bits per heavy atom. The third-order valence-corrected chi connectivity index (χ3v) is 15.1. The zero-order valence-electron chi connectivity index (χ0n) is 53.5. The van der Waals surface area contributed by atoms with Gasteiger partial charge in [0, 0.05) is 19.3 Å². The van der Waals surface area contributed by atoms with E-state index in [1.807, 2.05) is 0 Å². The minimum Gasteiger partial charge on any atom is -0.462 e. The molecule has 6 heteroatoms. The van der Waals surface area contributed by atoms with Crippen LogP contribution in [0, 0.1) is 0 Å². The second-order valence-electron chi connectivity index (χ2n) is 23.1. The lowest BCUT2D eigenvalue weighted by Gasteiger charge is -2.18. The second kappa shape index (κ2) is 68.8. The molecule has 6 nitrogen and oxygen atoms in total. The summed E-state index contributed by atoms with van der Waals surface area (Å²) in [6.07, 6.45) is 92.9. The van der Waals surface area contributed by atoms with Crippen molar-refractivity contribution in [1.29, 1.82) is 0 Å². The number of esters is 3. The van der Waals surface area contributed by atoms with Gasteiger partial charge in [-0.05, 0) is 103 Å². The molecule has 0 saturated carbocycles. The van der Waals surface area contributed by atoms with Crippen molar-refractivity contribution < 1.29 is 28.6 Å². The Morgan fingerprint density at radius 2 is 0.481 bits per heavy atom. The van der Waals surface area contributed by atoms with Crippen molar-refractivity contribution in [1.82, 2.24) is 0 Å². The number of carbonyl (C=O) groups excluding carboxylic acids is 3. The lowest BCUT2D eigenvalue weighted by atomic mass is 10.0. The van der Waals surface area contributed by atoms with Crippen molar-refractivity contribution in [3.05, 3.63) is 97.2 Å². The number of allylic oxidation sites excluding steroid dienone is 16. The lowest BCUT2D eigenvalue weighted by Crippen LogP contribution is -2.30. The lowest BCUT2D eigenvalue weighted by molar-refractivity contribution is -0.167. The predicted octanol–water partition coefficient (Wildman–Crippen LogP) is 24.0. The van der Waals surface area contributed by atoms with Crippen LogP contribution in [0.3, 0.4) is 0 Å². The fraction of sp³-hybridized carbons (Fsp3) is 0.747. The summed E-state index contributed by atoms with van der Waals surface area (Å²) in [6, 6.07) is 0. The Hall–Kier alpha value is -3.67. The van der Waals surface area contributed by atoms with Gasteiger partial charge in [0.15, 0.2) is 6.10 Å². The quantitative estimate of drug-likeness (QED) is 0.0261. The first-order valence-corrected chi connectivity index (χ1v) is 34.7. The zero-order chi connectivity index (χ0) is 58.5. The normalized spacial score (nSPS) is 12.7. The Labute approximate surface area is 502 Å². The van der Waals surface area contributed by atoms with Crippen LogP contribution in [0.15, 0.2) is 97.2 Å². The summed E-state index contributed by atoms with van der Waals surface area (Å²) in [5, 5.41) is 0. The van der Waals surface area contributed by atoms with Gasteiger partial charge in [0.05, 0.1) is 0 Å². The highest BCUT2D eigenvalue weighted by Crippen LogP contribution is 2.17. The predicted molar refractivity (Wildman–Crippen MR) is 353 cm³/mol. The van der Waals surface area contributed by atoms with Crippen LogP contribution in [0.5, 0.6) is 0 Å². The van der Waals surface area contributed by atoms with Crippen molar-refractivity contribution >= 4 is 17.9 Å². The minimum absolute atomic E-state index is 0.0878. The van der Waals surface area contributed by atoms with Crippen molar-refractivity contribution in [3.63, 3.8) is 0 Å². The highest BCUT2D eigenvalue weighted by molar-refractivity contribution is 5.71. The Balaban J connectivity index is 4.32. The van der Waals surface area contributed by atoms with Crippen LogP contribution in [0.1, 0.15) is 342 Å². The van der Waals surface area contributed by atoms with E-state index in [2.05, 4.69) is 118 Å². The summed E-state index contributed by atoms with van der Waals surface area (Å²) >= 11 is 0. The van der Waals surface area contributed by atoms with E-state index in [9.17, 15) is 14.4 Å². The highest BCUT2D eigenvalue weighted by atomic mass is 16.6. The second-order valence-corrected chi connectivity index (χ2v) is 23.1. The molecule has 0 fully saturated rings. The average Bonchev–Trinajstić information content (AvgIpc) is 3.47. The molecular formula is C75H130O6. The molecule has 0 spiro atoms. The van der Waals surface area contributed by atoms with E-state index in [0.29, 0.717) is 19.3 Å². The van der Waals surface area contributed by atoms with Crippen LogP contribution >= 0.6 is 0 Å². The molecule has 0 bridgehead atoms. The minimum atomic E-state index is -0.796. The summed E-state index contributed by atoms with van der Waals surface area (Å²) in [4.78, 5) is 38.4. The summed E-state index contributed by atoms with van der Waals surface area (Å²) in [5.74, 6) is -0.905. The smallest absolute Gasteiger partial charge is 0.306 e. The van der Waals surface area contributed by atoms with Crippen LogP contribution in [0.2, 0.25) is 0 Å². The molecule has 0 aromatic carbocycles. The number of hydrogen-bond acceptors (Lipinski definition) is 6. The number of hydrogen-bond donors (Lipinski definition) is 0. The van der Waals surface area contributed by atoms with E-state index < -0.39 is 6.10 Å². The van der Waals surface area contributed by atoms with Gasteiger partial charge in [-0.1, -0.05) is 317 Å². The number of carbonyl (C=O) groups is 3. The molecule has 0 amide bonds. The van der Waals surface area contributed by atoms with E-state index in [1.54, 1.807) is 0 Å². The maximum absolute atomic E-state index is 12.9. The Bertz CT molecular complexity index is 1580. The van der Waals surface area contributed by atoms with E-state index in [1.165, 1.54) is 193 Å². The van der Waals surface area contributed by atoms with Gasteiger partial charge in [-0.2, -0.15) is 0 Å². The standard InChI is InChI=1S/C75H130O6/c1-4-7-10-13-16-19-22-25-28-30-32-33-34-35-36-37-38-39-40-41-43-44-47-50-53-56-59-62-65-68-74(77)80-71-72(70-79-73(76)67-64-61-58-55-52-49-46-27-24-21-18-15-12-9-6-3)81-75(78)69-66-63-60-57-54-51-48-45-42-31-29-26-23-20-17-14-11-8-5-2/h8,11,17,20,22,25-26,29-30,32,34-35,42,45,51,54,72H,4-7,9-10,12-16,18-19,21,23-24,27-28,31,33,36-41,43-44,46-50,52-53,55-71H2,1-3H3/b11-8-,20-17-,25-22-,29-26-,32-30-,35-34-,45-42-,54-51-. The van der Waals surface area contributed by atoms with Crippen LogP contribution in [0.4, 0.5) is 0 Å². The van der Waals surface area contributed by atoms with Crippen molar-refractivity contribution in [3.8, 4) is 0 Å². The van der Waals surface area contributed by atoms with Crippen molar-refractivity contribution in [2.45, 2.75) is 348 Å². The first-order valence-electron chi connectivity index (χ1n) is 34.7. The first kappa shape index (κ1) is 77.3.